The van der Waals surface area contributed by atoms with Crippen LogP contribution in [0.25, 0.3) is 0 Å². The molecule has 0 saturated carbocycles. The Morgan fingerprint density at radius 1 is 1.38 bits per heavy atom. The molecule has 1 heterocycles. The Morgan fingerprint density at radius 2 is 2.00 bits per heavy atom. The van der Waals surface area contributed by atoms with Crippen LogP contribution in [0.1, 0.15) is 0 Å². The van der Waals surface area contributed by atoms with E-state index in [0.717, 1.165) is 18.3 Å². The number of halogens is 3. The van der Waals surface area contributed by atoms with Crippen molar-refractivity contribution in [3.8, 4) is 0 Å². The fourth-order valence-electron chi connectivity index (χ4n) is 0.819. The summed E-state index contributed by atoms with van der Waals surface area (Å²) in [4.78, 5) is 13.9. The van der Waals surface area contributed by atoms with Crippen LogP contribution >= 0.6 is 0 Å². The number of hydrogen-bond acceptors (Lipinski definition) is 4. The molecule has 1 amide bonds. The van der Waals surface area contributed by atoms with Gasteiger partial charge in [-0.3, -0.25) is 4.79 Å². The summed E-state index contributed by atoms with van der Waals surface area (Å²) in [5, 5.41) is 18.9. The molecule has 0 aromatic carbocycles. The molecular formula is C7H6BF3N2O3. The summed E-state index contributed by atoms with van der Waals surface area (Å²) in [6.07, 6.45) is -4.05. The van der Waals surface area contributed by atoms with Crippen LogP contribution < -0.4 is 10.8 Å². The molecule has 3 N–H and O–H groups in total. The fourth-order valence-corrected chi connectivity index (χ4v) is 0.819. The van der Waals surface area contributed by atoms with Gasteiger partial charge >= 0.3 is 19.2 Å². The summed E-state index contributed by atoms with van der Waals surface area (Å²) < 4.78 is 35.5. The second kappa shape index (κ2) is 4.50. The summed E-state index contributed by atoms with van der Waals surface area (Å²) >= 11 is 0. The Bertz CT molecular complexity index is 379. The van der Waals surface area contributed by atoms with Crippen LogP contribution in [-0.2, 0) is 4.79 Å². The monoisotopic (exact) mass is 234 g/mol. The van der Waals surface area contributed by atoms with Crippen molar-refractivity contribution in [2.45, 2.75) is 6.18 Å². The smallest absolute Gasteiger partial charge is 0.423 e. The fraction of sp³-hybridized carbons (Fsp3) is 0.143. The third-order valence-electron chi connectivity index (χ3n) is 1.58. The Labute approximate surface area is 88.1 Å². The van der Waals surface area contributed by atoms with E-state index < -0.39 is 19.2 Å². The van der Waals surface area contributed by atoms with E-state index in [1.165, 1.54) is 5.32 Å². The van der Waals surface area contributed by atoms with Gasteiger partial charge in [0, 0.05) is 11.7 Å². The second-order valence-corrected chi connectivity index (χ2v) is 2.80. The lowest BCUT2D eigenvalue weighted by molar-refractivity contribution is -0.167. The van der Waals surface area contributed by atoms with Gasteiger partial charge in [-0.1, -0.05) is 6.07 Å². The maximum absolute atomic E-state index is 11.8. The molecule has 0 spiro atoms. The average molecular weight is 234 g/mol. The predicted molar refractivity (Wildman–Crippen MR) is 48.7 cm³/mol. The minimum Gasteiger partial charge on any atom is -0.423 e. The normalized spacial score (nSPS) is 11.1. The lowest BCUT2D eigenvalue weighted by Crippen LogP contribution is -2.32. The zero-order chi connectivity index (χ0) is 12.3. The number of amides is 1. The zero-order valence-electron chi connectivity index (χ0n) is 7.69. The molecule has 0 unspecified atom stereocenters. The van der Waals surface area contributed by atoms with Gasteiger partial charge in [0.2, 0.25) is 0 Å². The van der Waals surface area contributed by atoms with Crippen LogP contribution in [0.5, 0.6) is 0 Å². The Kier molecular flexibility index (Phi) is 3.50. The van der Waals surface area contributed by atoms with Gasteiger partial charge in [0.15, 0.2) is 0 Å². The minimum atomic E-state index is -4.99. The maximum Gasteiger partial charge on any atom is 0.490 e. The highest BCUT2D eigenvalue weighted by Gasteiger charge is 2.38. The second-order valence-electron chi connectivity index (χ2n) is 2.80. The molecule has 0 radical (unpaired) electrons. The molecule has 0 atom stereocenters. The number of aromatic nitrogens is 1. The van der Waals surface area contributed by atoms with Crippen molar-refractivity contribution in [3.63, 3.8) is 0 Å². The lowest BCUT2D eigenvalue weighted by atomic mass is 9.82. The lowest BCUT2D eigenvalue weighted by Gasteiger charge is -2.07. The molecule has 1 rings (SSSR count). The van der Waals surface area contributed by atoms with Gasteiger partial charge < -0.3 is 15.4 Å². The molecule has 0 aliphatic heterocycles. The van der Waals surface area contributed by atoms with Crippen molar-refractivity contribution in [2.24, 2.45) is 0 Å². The van der Waals surface area contributed by atoms with Crippen LogP contribution in [0.15, 0.2) is 18.3 Å². The molecule has 0 saturated heterocycles. The molecule has 1 aromatic rings. The van der Waals surface area contributed by atoms with Crippen molar-refractivity contribution >= 4 is 24.3 Å². The molecule has 0 aliphatic rings. The number of carbonyl (C=O) groups excluding carboxylic acids is 1. The van der Waals surface area contributed by atoms with Gasteiger partial charge in [0.25, 0.3) is 0 Å². The van der Waals surface area contributed by atoms with E-state index in [-0.39, 0.29) is 11.3 Å². The number of nitrogens with zero attached hydrogens (tertiary/aromatic N) is 1. The third kappa shape index (κ3) is 3.21. The molecule has 0 aliphatic carbocycles. The number of anilines is 1. The van der Waals surface area contributed by atoms with Crippen LogP contribution in [0.4, 0.5) is 19.0 Å². The van der Waals surface area contributed by atoms with Crippen LogP contribution in [0.2, 0.25) is 0 Å². The van der Waals surface area contributed by atoms with Crippen molar-refractivity contribution in [3.05, 3.63) is 18.3 Å². The van der Waals surface area contributed by atoms with Crippen LogP contribution in [0.3, 0.4) is 0 Å². The maximum atomic E-state index is 11.8. The van der Waals surface area contributed by atoms with Crippen molar-refractivity contribution in [2.75, 3.05) is 5.32 Å². The summed E-state index contributed by atoms with van der Waals surface area (Å²) in [7, 11) is -1.76. The molecule has 0 bridgehead atoms. The molecule has 5 nitrogen and oxygen atoms in total. The van der Waals surface area contributed by atoms with Crippen molar-refractivity contribution < 1.29 is 28.0 Å². The highest BCUT2D eigenvalue weighted by molar-refractivity contribution is 6.58. The topological polar surface area (TPSA) is 82.5 Å². The van der Waals surface area contributed by atoms with E-state index in [4.69, 9.17) is 10.0 Å². The van der Waals surface area contributed by atoms with Gasteiger partial charge in [-0.15, -0.1) is 0 Å². The number of nitrogens with one attached hydrogen (secondary N) is 1. The van der Waals surface area contributed by atoms with E-state index in [1.54, 1.807) is 0 Å². The number of hydrogen-bond donors (Lipinski definition) is 3. The Balaban J connectivity index is 2.73. The van der Waals surface area contributed by atoms with Crippen molar-refractivity contribution in [1.29, 1.82) is 0 Å². The molecule has 1 aromatic heterocycles. The molecule has 0 fully saturated rings. The van der Waals surface area contributed by atoms with Gasteiger partial charge in [-0.25, -0.2) is 4.98 Å². The molecule has 86 valence electrons. The average Bonchev–Trinajstić information content (AvgIpc) is 2.17. The first kappa shape index (κ1) is 12.5. The zero-order valence-corrected chi connectivity index (χ0v) is 7.69. The van der Waals surface area contributed by atoms with Crippen LogP contribution in [0, 0.1) is 0 Å². The summed E-state index contributed by atoms with van der Waals surface area (Å²) in [6, 6.07) is 2.15. The van der Waals surface area contributed by atoms with E-state index in [1.807, 2.05) is 0 Å². The number of alkyl halides is 3. The van der Waals surface area contributed by atoms with E-state index in [0.29, 0.717) is 0 Å². The first-order valence-electron chi connectivity index (χ1n) is 4.01. The quantitative estimate of drug-likeness (QED) is 0.588. The van der Waals surface area contributed by atoms with Crippen LogP contribution in [-0.4, -0.2) is 34.2 Å². The van der Waals surface area contributed by atoms with Gasteiger partial charge in [-0.05, 0) is 6.07 Å². The Morgan fingerprint density at radius 3 is 2.38 bits per heavy atom. The standard InChI is InChI=1S/C7H6BF3N2O3/c9-7(10,11)6(14)13-5-2-1-4(3-12-5)8(15)16/h1-3,15-16H,(H,12,13,14). The predicted octanol–water partition coefficient (Wildman–Crippen LogP) is -0.738. The third-order valence-corrected chi connectivity index (χ3v) is 1.58. The minimum absolute atomic E-state index is 0.00464. The van der Waals surface area contributed by atoms with E-state index >= 15 is 0 Å². The summed E-state index contributed by atoms with van der Waals surface area (Å²) in [5.41, 5.74) is 0.00464. The van der Waals surface area contributed by atoms with Gasteiger partial charge in [-0.2, -0.15) is 13.2 Å². The Hall–Kier alpha value is -1.61. The highest BCUT2D eigenvalue weighted by Crippen LogP contribution is 2.16. The van der Waals surface area contributed by atoms with E-state index in [2.05, 4.69) is 4.98 Å². The SMILES string of the molecule is O=C(Nc1ccc(B(O)O)cn1)C(F)(F)F. The van der Waals surface area contributed by atoms with Crippen molar-refractivity contribution in [1.82, 2.24) is 4.98 Å². The number of pyridine rings is 1. The largest absolute Gasteiger partial charge is 0.490 e. The summed E-state index contributed by atoms with van der Waals surface area (Å²) in [6.45, 7) is 0. The summed E-state index contributed by atoms with van der Waals surface area (Å²) in [5.74, 6) is -2.47. The molecule has 16 heavy (non-hydrogen) atoms. The van der Waals surface area contributed by atoms with Gasteiger partial charge in [0.05, 0.1) is 0 Å². The molecule has 9 heteroatoms. The number of carbonyl (C=O) groups is 1. The first-order chi connectivity index (χ1) is 7.30. The van der Waals surface area contributed by atoms with Gasteiger partial charge in [0.1, 0.15) is 5.82 Å². The first-order valence-corrected chi connectivity index (χ1v) is 4.01. The highest BCUT2D eigenvalue weighted by atomic mass is 19.4. The number of rotatable bonds is 2. The molecular weight excluding hydrogens is 228 g/mol. The van der Waals surface area contributed by atoms with E-state index in [9.17, 15) is 18.0 Å².